The lowest BCUT2D eigenvalue weighted by molar-refractivity contribution is 0.0920. The molecule has 2 rings (SSSR count). The van der Waals surface area contributed by atoms with Crippen molar-refractivity contribution in [3.63, 3.8) is 0 Å². The Morgan fingerprint density at radius 2 is 2.00 bits per heavy atom. The van der Waals surface area contributed by atoms with Crippen LogP contribution in [-0.4, -0.2) is 33.6 Å². The van der Waals surface area contributed by atoms with Crippen LogP contribution in [-0.2, 0) is 4.74 Å². The van der Waals surface area contributed by atoms with E-state index in [9.17, 15) is 0 Å². The van der Waals surface area contributed by atoms with Gasteiger partial charge in [0.1, 0.15) is 0 Å². The van der Waals surface area contributed by atoms with E-state index in [4.69, 9.17) is 4.74 Å². The molecule has 0 fully saturated rings. The molecule has 1 aromatic carbocycles. The molecule has 1 N–H and O–H groups in total. The minimum Gasteiger partial charge on any atom is -0.378 e. The fourth-order valence-electron chi connectivity index (χ4n) is 1.57. The van der Waals surface area contributed by atoms with Crippen LogP contribution in [0.5, 0.6) is 0 Å². The van der Waals surface area contributed by atoms with E-state index < -0.39 is 0 Å². The molecule has 4 nitrogen and oxygen atoms in total. The average molecular weight is 277 g/mol. The average Bonchev–Trinajstić information content (AvgIpc) is 2.84. The lowest BCUT2D eigenvalue weighted by Crippen LogP contribution is -2.05. The van der Waals surface area contributed by atoms with Crippen LogP contribution in [0.2, 0.25) is 0 Å². The van der Waals surface area contributed by atoms with E-state index in [0.29, 0.717) is 0 Å². The minimum atomic E-state index is 0.274. The van der Waals surface area contributed by atoms with Crippen LogP contribution >= 0.6 is 11.8 Å². The van der Waals surface area contributed by atoms with Gasteiger partial charge in [-0.1, -0.05) is 41.6 Å². The molecular weight excluding hydrogens is 258 g/mol. The van der Waals surface area contributed by atoms with Gasteiger partial charge < -0.3 is 4.74 Å². The van der Waals surface area contributed by atoms with Crippen LogP contribution in [0.25, 0.3) is 11.4 Å². The second-order valence-electron chi connectivity index (χ2n) is 4.60. The predicted molar refractivity (Wildman–Crippen MR) is 78.4 cm³/mol. The molecule has 0 amide bonds. The maximum absolute atomic E-state index is 5.48. The van der Waals surface area contributed by atoms with Crippen molar-refractivity contribution in [1.29, 1.82) is 0 Å². The normalized spacial score (nSPS) is 11.2. The van der Waals surface area contributed by atoms with Gasteiger partial charge in [0, 0.05) is 11.3 Å². The van der Waals surface area contributed by atoms with Crippen LogP contribution < -0.4 is 0 Å². The molecule has 19 heavy (non-hydrogen) atoms. The van der Waals surface area contributed by atoms with Crippen molar-refractivity contribution in [1.82, 2.24) is 15.2 Å². The molecule has 1 heterocycles. The molecule has 0 unspecified atom stereocenters. The van der Waals surface area contributed by atoms with Gasteiger partial charge in [-0.15, -0.1) is 5.10 Å². The zero-order valence-corrected chi connectivity index (χ0v) is 12.3. The zero-order chi connectivity index (χ0) is 13.7. The summed E-state index contributed by atoms with van der Waals surface area (Å²) in [4.78, 5) is 4.47. The van der Waals surface area contributed by atoms with Crippen molar-refractivity contribution in [3.05, 3.63) is 29.8 Å². The zero-order valence-electron chi connectivity index (χ0n) is 11.5. The van der Waals surface area contributed by atoms with E-state index in [2.05, 4.69) is 34.2 Å². The van der Waals surface area contributed by atoms with Gasteiger partial charge in [-0.05, 0) is 20.8 Å². The number of rotatable bonds is 6. The summed E-state index contributed by atoms with van der Waals surface area (Å²) in [6.07, 6.45) is 0.274. The van der Waals surface area contributed by atoms with Crippen LogP contribution in [0, 0.1) is 6.92 Å². The van der Waals surface area contributed by atoms with Crippen molar-refractivity contribution in [2.45, 2.75) is 32.0 Å². The molecule has 102 valence electrons. The largest absolute Gasteiger partial charge is 0.378 e. The van der Waals surface area contributed by atoms with Gasteiger partial charge in [-0.25, -0.2) is 4.98 Å². The maximum atomic E-state index is 5.48. The fourth-order valence-corrected chi connectivity index (χ4v) is 2.20. The number of hydrogen-bond donors (Lipinski definition) is 1. The lowest BCUT2D eigenvalue weighted by Gasteiger charge is -2.05. The van der Waals surface area contributed by atoms with Crippen molar-refractivity contribution >= 4 is 11.8 Å². The fraction of sp³-hybridized carbons (Fsp3) is 0.429. The molecule has 1 aromatic heterocycles. The van der Waals surface area contributed by atoms with Crippen LogP contribution in [0.15, 0.2) is 29.4 Å². The van der Waals surface area contributed by atoms with Crippen LogP contribution in [0.4, 0.5) is 0 Å². The molecule has 5 heteroatoms. The van der Waals surface area contributed by atoms with Gasteiger partial charge in [0.05, 0.1) is 12.7 Å². The maximum Gasteiger partial charge on any atom is 0.208 e. The second-order valence-corrected chi connectivity index (χ2v) is 5.66. The van der Waals surface area contributed by atoms with E-state index >= 15 is 0 Å². The monoisotopic (exact) mass is 277 g/mol. The molecule has 0 aliphatic heterocycles. The van der Waals surface area contributed by atoms with Crippen molar-refractivity contribution in [3.8, 4) is 11.4 Å². The van der Waals surface area contributed by atoms with E-state index in [0.717, 1.165) is 28.9 Å². The topological polar surface area (TPSA) is 50.8 Å². The Balaban J connectivity index is 1.90. The van der Waals surface area contributed by atoms with E-state index in [1.165, 1.54) is 5.56 Å². The number of benzene rings is 1. The number of aromatic nitrogens is 3. The molecule has 0 atom stereocenters. The molecule has 0 spiro atoms. The summed E-state index contributed by atoms with van der Waals surface area (Å²) in [5.41, 5.74) is 2.30. The standard InChI is InChI=1S/C14H19N3OS/c1-10(2)18-8-9-19-14-15-13(16-17-14)12-6-4-11(3)5-7-12/h4-7,10H,8-9H2,1-3H3,(H,15,16,17). The first-order chi connectivity index (χ1) is 9.15. The number of H-pyrrole nitrogens is 1. The smallest absolute Gasteiger partial charge is 0.208 e. The quantitative estimate of drug-likeness (QED) is 0.650. The van der Waals surface area contributed by atoms with Crippen molar-refractivity contribution < 1.29 is 4.74 Å². The summed E-state index contributed by atoms with van der Waals surface area (Å²) < 4.78 is 5.48. The molecule has 0 saturated heterocycles. The van der Waals surface area contributed by atoms with Gasteiger partial charge in [0.15, 0.2) is 5.82 Å². The third kappa shape index (κ3) is 4.36. The molecule has 0 saturated carbocycles. The summed E-state index contributed by atoms with van der Waals surface area (Å²) in [5.74, 6) is 1.68. The third-order valence-electron chi connectivity index (χ3n) is 2.56. The first kappa shape index (κ1) is 14.1. The second kappa shape index (κ2) is 6.73. The van der Waals surface area contributed by atoms with E-state index in [1.807, 2.05) is 26.0 Å². The summed E-state index contributed by atoms with van der Waals surface area (Å²) in [6, 6.07) is 8.24. The molecular formula is C14H19N3OS. The van der Waals surface area contributed by atoms with Crippen LogP contribution in [0.3, 0.4) is 0 Å². The Bertz CT molecular complexity index is 508. The van der Waals surface area contributed by atoms with Gasteiger partial charge in [-0.3, -0.25) is 5.10 Å². The Hall–Kier alpha value is -1.33. The summed E-state index contributed by atoms with van der Waals surface area (Å²) in [7, 11) is 0. The molecule has 0 radical (unpaired) electrons. The Labute approximate surface area is 118 Å². The Morgan fingerprint density at radius 1 is 1.26 bits per heavy atom. The van der Waals surface area contributed by atoms with Gasteiger partial charge in [-0.2, -0.15) is 0 Å². The Morgan fingerprint density at radius 3 is 2.68 bits per heavy atom. The number of nitrogens with zero attached hydrogens (tertiary/aromatic N) is 2. The van der Waals surface area contributed by atoms with E-state index in [1.54, 1.807) is 11.8 Å². The summed E-state index contributed by atoms with van der Waals surface area (Å²) in [5, 5.41) is 7.94. The lowest BCUT2D eigenvalue weighted by atomic mass is 10.1. The molecule has 0 aliphatic carbocycles. The third-order valence-corrected chi connectivity index (χ3v) is 3.37. The molecule has 2 aromatic rings. The highest BCUT2D eigenvalue weighted by Gasteiger charge is 2.06. The first-order valence-electron chi connectivity index (χ1n) is 6.39. The number of nitrogens with one attached hydrogen (secondary N) is 1. The van der Waals surface area contributed by atoms with E-state index in [-0.39, 0.29) is 6.10 Å². The van der Waals surface area contributed by atoms with Crippen molar-refractivity contribution in [2.75, 3.05) is 12.4 Å². The molecule has 0 bridgehead atoms. The van der Waals surface area contributed by atoms with Gasteiger partial charge >= 0.3 is 0 Å². The minimum absolute atomic E-state index is 0.274. The Kier molecular flexibility index (Phi) is 4.99. The summed E-state index contributed by atoms with van der Waals surface area (Å²) >= 11 is 1.60. The number of hydrogen-bond acceptors (Lipinski definition) is 4. The van der Waals surface area contributed by atoms with Crippen molar-refractivity contribution in [2.24, 2.45) is 0 Å². The predicted octanol–water partition coefficient (Wildman–Crippen LogP) is 3.30. The SMILES string of the molecule is Cc1ccc(-c2nc(SCCOC(C)C)n[nH]2)cc1. The number of aryl methyl sites for hydroxylation is 1. The highest BCUT2D eigenvalue weighted by Crippen LogP contribution is 2.19. The number of ether oxygens (including phenoxy) is 1. The molecule has 0 aliphatic rings. The first-order valence-corrected chi connectivity index (χ1v) is 7.37. The van der Waals surface area contributed by atoms with Crippen LogP contribution in [0.1, 0.15) is 19.4 Å². The highest BCUT2D eigenvalue weighted by atomic mass is 32.2. The number of thioether (sulfide) groups is 1. The van der Waals surface area contributed by atoms with Gasteiger partial charge in [0.2, 0.25) is 5.16 Å². The van der Waals surface area contributed by atoms with Gasteiger partial charge in [0.25, 0.3) is 0 Å². The highest BCUT2D eigenvalue weighted by molar-refractivity contribution is 7.99. The summed E-state index contributed by atoms with van der Waals surface area (Å²) in [6.45, 7) is 6.86. The number of aromatic amines is 1.